The van der Waals surface area contributed by atoms with Crippen molar-refractivity contribution in [2.45, 2.75) is 13.8 Å². The van der Waals surface area contributed by atoms with E-state index in [2.05, 4.69) is 4.98 Å². The van der Waals surface area contributed by atoms with Gasteiger partial charge in [0.25, 0.3) is 0 Å². The van der Waals surface area contributed by atoms with E-state index in [0.29, 0.717) is 13.2 Å². The molecule has 2 rings (SSSR count). The maximum absolute atomic E-state index is 12.8. The normalized spacial score (nSPS) is 12.4. The molecule has 0 aliphatic carbocycles. The zero-order chi connectivity index (χ0) is 15.8. The van der Waals surface area contributed by atoms with Gasteiger partial charge in [-0.3, -0.25) is 9.55 Å². The van der Waals surface area contributed by atoms with Crippen molar-refractivity contribution in [3.8, 4) is 0 Å². The molecule has 0 fully saturated rings. The Kier molecular flexibility index (Phi) is 6.08. The summed E-state index contributed by atoms with van der Waals surface area (Å²) in [5.41, 5.74) is 2.60. The highest BCUT2D eigenvalue weighted by Gasteiger charge is 2.22. The summed E-state index contributed by atoms with van der Waals surface area (Å²) in [6.45, 7) is 4.24. The minimum absolute atomic E-state index is 0.322. The van der Waals surface area contributed by atoms with Gasteiger partial charge in [-0.2, -0.15) is 0 Å². The fourth-order valence-corrected chi connectivity index (χ4v) is 3.64. The molecule has 1 aromatic carbocycles. The zero-order valence-corrected chi connectivity index (χ0v) is 13.7. The second-order valence-electron chi connectivity index (χ2n) is 4.53. The van der Waals surface area contributed by atoms with Crippen molar-refractivity contribution in [3.05, 3.63) is 71.8 Å². The van der Waals surface area contributed by atoms with Crippen LogP contribution in [0.2, 0.25) is 0 Å². The zero-order valence-electron chi connectivity index (χ0n) is 12.8. The summed E-state index contributed by atoms with van der Waals surface area (Å²) in [7, 11) is -3.30. The summed E-state index contributed by atoms with van der Waals surface area (Å²) in [4.78, 5) is 4.14. The molecule has 2 aromatic rings. The van der Waals surface area contributed by atoms with E-state index in [-0.39, 0.29) is 0 Å². The van der Waals surface area contributed by atoms with Crippen molar-refractivity contribution >= 4 is 13.2 Å². The van der Waals surface area contributed by atoms with E-state index >= 15 is 0 Å². The van der Waals surface area contributed by atoms with Gasteiger partial charge in [-0.05, 0) is 31.1 Å². The number of hydrogen-bond acceptors (Lipinski definition) is 4. The molecular formula is C17H20NO3P. The molecule has 0 aliphatic rings. The van der Waals surface area contributed by atoms with Gasteiger partial charge in [0.05, 0.1) is 13.2 Å². The molecule has 0 N–H and O–H groups in total. The summed E-state index contributed by atoms with van der Waals surface area (Å²) in [5.74, 6) is 1.59. The van der Waals surface area contributed by atoms with Crippen LogP contribution >= 0.6 is 7.60 Å². The Morgan fingerprint density at radius 2 is 1.68 bits per heavy atom. The first-order valence-corrected chi connectivity index (χ1v) is 8.87. The molecule has 22 heavy (non-hydrogen) atoms. The molecule has 1 heterocycles. The molecule has 0 spiro atoms. The quantitative estimate of drug-likeness (QED) is 0.692. The van der Waals surface area contributed by atoms with Crippen LogP contribution in [0.5, 0.6) is 0 Å². The Labute approximate surface area is 131 Å². The molecule has 0 aliphatic heterocycles. The van der Waals surface area contributed by atoms with Crippen molar-refractivity contribution in [3.63, 3.8) is 0 Å². The summed E-state index contributed by atoms with van der Waals surface area (Å²) in [6.07, 6.45) is 3.44. The van der Waals surface area contributed by atoms with Gasteiger partial charge in [-0.15, -0.1) is 0 Å². The third-order valence-electron chi connectivity index (χ3n) is 2.96. The highest BCUT2D eigenvalue weighted by Crippen LogP contribution is 2.52. The first kappa shape index (κ1) is 16.6. The summed E-state index contributed by atoms with van der Waals surface area (Å²) >= 11 is 0. The van der Waals surface area contributed by atoms with Crippen LogP contribution in [-0.4, -0.2) is 18.2 Å². The van der Waals surface area contributed by atoms with E-state index in [9.17, 15) is 4.57 Å². The average molecular weight is 317 g/mol. The Morgan fingerprint density at radius 3 is 2.23 bits per heavy atom. The number of rotatable bonds is 7. The van der Waals surface area contributed by atoms with Gasteiger partial charge in [0.2, 0.25) is 0 Å². The predicted octanol–water partition coefficient (Wildman–Crippen LogP) is 4.74. The van der Waals surface area contributed by atoms with Crippen LogP contribution in [0.4, 0.5) is 0 Å². The lowest BCUT2D eigenvalue weighted by atomic mass is 10.0. The number of aromatic nitrogens is 1. The van der Waals surface area contributed by atoms with E-state index in [0.717, 1.165) is 16.7 Å². The van der Waals surface area contributed by atoms with E-state index in [1.165, 1.54) is 0 Å². The molecule has 116 valence electrons. The van der Waals surface area contributed by atoms with Crippen LogP contribution in [0.25, 0.3) is 5.57 Å². The van der Waals surface area contributed by atoms with Crippen LogP contribution in [0.3, 0.4) is 0 Å². The molecule has 0 bridgehead atoms. The predicted molar refractivity (Wildman–Crippen MR) is 88.6 cm³/mol. The third-order valence-corrected chi connectivity index (χ3v) is 4.77. The van der Waals surface area contributed by atoms with Crippen molar-refractivity contribution in [1.82, 2.24) is 4.98 Å². The minimum atomic E-state index is -3.30. The highest BCUT2D eigenvalue weighted by molar-refractivity contribution is 7.57. The van der Waals surface area contributed by atoms with Gasteiger partial charge in [0.1, 0.15) is 0 Å². The van der Waals surface area contributed by atoms with E-state index in [4.69, 9.17) is 9.05 Å². The lowest BCUT2D eigenvalue weighted by Crippen LogP contribution is -1.96. The van der Waals surface area contributed by atoms with Gasteiger partial charge in [0.15, 0.2) is 0 Å². The summed E-state index contributed by atoms with van der Waals surface area (Å²) < 4.78 is 23.6. The highest BCUT2D eigenvalue weighted by atomic mass is 31.2. The maximum Gasteiger partial charge on any atom is 0.354 e. The van der Waals surface area contributed by atoms with Gasteiger partial charge in [-0.1, -0.05) is 36.4 Å². The largest absolute Gasteiger partial charge is 0.354 e. The number of benzene rings is 1. The number of pyridine rings is 1. The Balaban J connectivity index is 2.53. The number of nitrogens with zero attached hydrogens (tertiary/aromatic N) is 1. The first-order chi connectivity index (χ1) is 10.7. The number of hydrogen-bond donors (Lipinski definition) is 0. The van der Waals surface area contributed by atoms with Crippen LogP contribution in [-0.2, 0) is 13.6 Å². The van der Waals surface area contributed by atoms with Crippen LogP contribution < -0.4 is 0 Å². The summed E-state index contributed by atoms with van der Waals surface area (Å²) in [5, 5.41) is 0. The minimum Gasteiger partial charge on any atom is -0.306 e. The van der Waals surface area contributed by atoms with Crippen LogP contribution in [0, 0.1) is 0 Å². The lowest BCUT2D eigenvalue weighted by molar-refractivity contribution is 0.229. The van der Waals surface area contributed by atoms with Gasteiger partial charge in [0, 0.05) is 23.8 Å². The van der Waals surface area contributed by atoms with Crippen molar-refractivity contribution in [1.29, 1.82) is 0 Å². The van der Waals surface area contributed by atoms with Gasteiger partial charge >= 0.3 is 7.60 Å². The molecule has 0 unspecified atom stereocenters. The average Bonchev–Trinajstić information content (AvgIpc) is 2.55. The molecule has 4 nitrogen and oxygen atoms in total. The SMILES string of the molecule is CCOP(=O)(/C=C(/c1ccccc1)c1cccnc1)OCC. The fourth-order valence-electron chi connectivity index (χ4n) is 2.09. The molecule has 0 radical (unpaired) electrons. The Hall–Kier alpha value is -1.74. The smallest absolute Gasteiger partial charge is 0.306 e. The maximum atomic E-state index is 12.8. The first-order valence-electron chi connectivity index (χ1n) is 7.26. The van der Waals surface area contributed by atoms with Gasteiger partial charge < -0.3 is 9.05 Å². The Bertz CT molecular complexity index is 605. The molecule has 0 amide bonds. The second-order valence-corrected chi connectivity index (χ2v) is 6.38. The molecule has 5 heteroatoms. The summed E-state index contributed by atoms with van der Waals surface area (Å²) in [6, 6.07) is 13.5. The topological polar surface area (TPSA) is 48.4 Å². The van der Waals surface area contributed by atoms with Gasteiger partial charge in [-0.25, -0.2) is 0 Å². The van der Waals surface area contributed by atoms with E-state index in [1.54, 1.807) is 32.1 Å². The molecule has 0 saturated carbocycles. The molecular weight excluding hydrogens is 297 g/mol. The monoisotopic (exact) mass is 317 g/mol. The molecule has 0 saturated heterocycles. The van der Waals surface area contributed by atoms with E-state index < -0.39 is 7.60 Å². The van der Waals surface area contributed by atoms with Crippen molar-refractivity contribution in [2.24, 2.45) is 0 Å². The Morgan fingerprint density at radius 1 is 1.05 bits per heavy atom. The molecule has 0 atom stereocenters. The fraction of sp³-hybridized carbons (Fsp3) is 0.235. The second kappa shape index (κ2) is 8.04. The van der Waals surface area contributed by atoms with Crippen molar-refractivity contribution in [2.75, 3.05) is 13.2 Å². The lowest BCUT2D eigenvalue weighted by Gasteiger charge is -2.16. The standard InChI is InChI=1S/C17H20NO3P/c1-3-20-22(19,21-4-2)14-17(15-9-6-5-7-10-15)16-11-8-12-18-13-16/h5-14H,3-4H2,1-2H3/b17-14-. The third kappa shape index (κ3) is 4.38. The van der Waals surface area contributed by atoms with Crippen LogP contribution in [0.15, 0.2) is 60.7 Å². The van der Waals surface area contributed by atoms with E-state index in [1.807, 2.05) is 42.5 Å². The molecule has 1 aromatic heterocycles. The van der Waals surface area contributed by atoms with Crippen LogP contribution in [0.1, 0.15) is 25.0 Å². The van der Waals surface area contributed by atoms with Crippen molar-refractivity contribution < 1.29 is 13.6 Å².